The lowest BCUT2D eigenvalue weighted by molar-refractivity contribution is 0.208. The van der Waals surface area contributed by atoms with Gasteiger partial charge in [-0.05, 0) is 24.8 Å². The molecule has 1 saturated carbocycles. The Balaban J connectivity index is 1.98. The molecule has 0 amide bonds. The molecule has 0 radical (unpaired) electrons. The molecule has 1 fully saturated rings. The van der Waals surface area contributed by atoms with E-state index in [1.165, 1.54) is 32.2 Å². The summed E-state index contributed by atoms with van der Waals surface area (Å²) in [5.74, 6) is 2.00. The van der Waals surface area contributed by atoms with Crippen LogP contribution in [-0.2, 0) is 0 Å². The minimum Gasteiger partial charge on any atom is -0.315 e. The van der Waals surface area contributed by atoms with E-state index in [9.17, 15) is 0 Å². The molecule has 12 heavy (non-hydrogen) atoms. The molecule has 1 atom stereocenters. The average Bonchev–Trinajstić information content (AvgIpc) is 1.81. The molecule has 1 N–H and O–H groups in total. The summed E-state index contributed by atoms with van der Waals surface area (Å²) in [6.45, 7) is 8.04. The summed E-state index contributed by atoms with van der Waals surface area (Å²) in [5.41, 5.74) is 0. The van der Waals surface area contributed by atoms with Gasteiger partial charge < -0.3 is 5.32 Å². The van der Waals surface area contributed by atoms with Gasteiger partial charge in [-0.3, -0.25) is 0 Å². The van der Waals surface area contributed by atoms with Crippen LogP contribution in [0.1, 0.15) is 46.5 Å². The predicted octanol–water partition coefficient (Wildman–Crippen LogP) is 2.81. The standard InChI is InChI=1S/C11H23N/c1-9(2)12-8-7-10(3)11-5-4-6-11/h9-12H,4-8H2,1-3H3. The van der Waals surface area contributed by atoms with Crippen molar-refractivity contribution in [3.8, 4) is 0 Å². The molecule has 0 aromatic heterocycles. The number of hydrogen-bond acceptors (Lipinski definition) is 1. The van der Waals surface area contributed by atoms with Crippen molar-refractivity contribution in [1.29, 1.82) is 0 Å². The smallest absolute Gasteiger partial charge is 0.00103 e. The summed E-state index contributed by atoms with van der Waals surface area (Å²) in [5, 5.41) is 3.48. The van der Waals surface area contributed by atoms with Gasteiger partial charge in [-0.15, -0.1) is 0 Å². The van der Waals surface area contributed by atoms with Crippen LogP contribution in [0.3, 0.4) is 0 Å². The highest BCUT2D eigenvalue weighted by Gasteiger charge is 2.23. The molecule has 0 heterocycles. The first-order valence-electron chi connectivity index (χ1n) is 5.43. The first-order valence-corrected chi connectivity index (χ1v) is 5.43. The van der Waals surface area contributed by atoms with E-state index in [2.05, 4.69) is 26.1 Å². The molecular weight excluding hydrogens is 146 g/mol. The quantitative estimate of drug-likeness (QED) is 0.667. The van der Waals surface area contributed by atoms with Crippen molar-refractivity contribution in [3.05, 3.63) is 0 Å². The molecule has 72 valence electrons. The molecule has 0 aromatic carbocycles. The van der Waals surface area contributed by atoms with E-state index in [1.807, 2.05) is 0 Å². The van der Waals surface area contributed by atoms with Crippen molar-refractivity contribution in [2.24, 2.45) is 11.8 Å². The van der Waals surface area contributed by atoms with E-state index in [1.54, 1.807) is 0 Å². The number of rotatable bonds is 5. The van der Waals surface area contributed by atoms with E-state index in [0.29, 0.717) is 6.04 Å². The average molecular weight is 169 g/mol. The van der Waals surface area contributed by atoms with E-state index < -0.39 is 0 Å². The fourth-order valence-electron chi connectivity index (χ4n) is 1.84. The first kappa shape index (κ1) is 10.0. The molecule has 1 aliphatic carbocycles. The van der Waals surface area contributed by atoms with Crippen molar-refractivity contribution in [1.82, 2.24) is 5.32 Å². The van der Waals surface area contributed by atoms with Gasteiger partial charge in [0.05, 0.1) is 0 Å². The van der Waals surface area contributed by atoms with Gasteiger partial charge >= 0.3 is 0 Å². The normalized spacial score (nSPS) is 21.0. The van der Waals surface area contributed by atoms with Crippen molar-refractivity contribution in [2.45, 2.75) is 52.5 Å². The first-order chi connectivity index (χ1) is 5.70. The van der Waals surface area contributed by atoms with Gasteiger partial charge in [0.25, 0.3) is 0 Å². The summed E-state index contributed by atoms with van der Waals surface area (Å²) >= 11 is 0. The van der Waals surface area contributed by atoms with Crippen molar-refractivity contribution in [3.63, 3.8) is 0 Å². The van der Waals surface area contributed by atoms with Crippen LogP contribution in [-0.4, -0.2) is 12.6 Å². The van der Waals surface area contributed by atoms with Gasteiger partial charge in [0, 0.05) is 6.04 Å². The molecule has 1 unspecified atom stereocenters. The molecular formula is C11H23N. The third kappa shape index (κ3) is 3.14. The molecule has 0 aliphatic heterocycles. The van der Waals surface area contributed by atoms with E-state index in [0.717, 1.165) is 11.8 Å². The number of nitrogens with one attached hydrogen (secondary N) is 1. The highest BCUT2D eigenvalue weighted by molar-refractivity contribution is 4.75. The van der Waals surface area contributed by atoms with Crippen LogP contribution in [0.4, 0.5) is 0 Å². The largest absolute Gasteiger partial charge is 0.315 e. The molecule has 0 aromatic rings. The van der Waals surface area contributed by atoms with E-state index in [-0.39, 0.29) is 0 Å². The molecule has 1 nitrogen and oxygen atoms in total. The van der Waals surface area contributed by atoms with Gasteiger partial charge in [-0.2, -0.15) is 0 Å². The summed E-state index contributed by atoms with van der Waals surface area (Å²) in [6.07, 6.45) is 5.82. The maximum atomic E-state index is 3.48. The Labute approximate surface area is 76.9 Å². The Morgan fingerprint density at radius 3 is 2.33 bits per heavy atom. The summed E-state index contributed by atoms with van der Waals surface area (Å²) < 4.78 is 0. The maximum Gasteiger partial charge on any atom is 0.00103 e. The lowest BCUT2D eigenvalue weighted by Gasteiger charge is -2.31. The van der Waals surface area contributed by atoms with Gasteiger partial charge in [0.15, 0.2) is 0 Å². The summed E-state index contributed by atoms with van der Waals surface area (Å²) in [7, 11) is 0. The van der Waals surface area contributed by atoms with Crippen LogP contribution in [0, 0.1) is 11.8 Å². The second-order valence-corrected chi connectivity index (χ2v) is 4.57. The zero-order valence-corrected chi connectivity index (χ0v) is 8.77. The Bertz CT molecular complexity index is 116. The fourth-order valence-corrected chi connectivity index (χ4v) is 1.84. The van der Waals surface area contributed by atoms with Crippen molar-refractivity contribution in [2.75, 3.05) is 6.54 Å². The van der Waals surface area contributed by atoms with Crippen LogP contribution in [0.2, 0.25) is 0 Å². The van der Waals surface area contributed by atoms with Crippen LogP contribution in [0.25, 0.3) is 0 Å². The van der Waals surface area contributed by atoms with Crippen LogP contribution >= 0.6 is 0 Å². The van der Waals surface area contributed by atoms with Crippen LogP contribution in [0.5, 0.6) is 0 Å². The monoisotopic (exact) mass is 169 g/mol. The topological polar surface area (TPSA) is 12.0 Å². The third-order valence-corrected chi connectivity index (χ3v) is 3.11. The molecule has 1 heteroatoms. The Morgan fingerprint density at radius 1 is 1.25 bits per heavy atom. The third-order valence-electron chi connectivity index (χ3n) is 3.11. The van der Waals surface area contributed by atoms with Crippen LogP contribution in [0.15, 0.2) is 0 Å². The zero-order valence-electron chi connectivity index (χ0n) is 8.77. The molecule has 1 aliphatic rings. The summed E-state index contributed by atoms with van der Waals surface area (Å²) in [6, 6.07) is 0.651. The maximum absolute atomic E-state index is 3.48. The highest BCUT2D eigenvalue weighted by Crippen LogP contribution is 2.34. The van der Waals surface area contributed by atoms with Crippen LogP contribution < -0.4 is 5.32 Å². The molecule has 0 saturated heterocycles. The molecule has 0 bridgehead atoms. The lowest BCUT2D eigenvalue weighted by Crippen LogP contribution is -2.28. The summed E-state index contributed by atoms with van der Waals surface area (Å²) in [4.78, 5) is 0. The van der Waals surface area contributed by atoms with Crippen molar-refractivity contribution >= 4 is 0 Å². The second kappa shape index (κ2) is 4.86. The highest BCUT2D eigenvalue weighted by atomic mass is 14.9. The van der Waals surface area contributed by atoms with Gasteiger partial charge in [0.1, 0.15) is 0 Å². The predicted molar refractivity (Wildman–Crippen MR) is 54.3 cm³/mol. The second-order valence-electron chi connectivity index (χ2n) is 4.57. The van der Waals surface area contributed by atoms with Gasteiger partial charge in [0.2, 0.25) is 0 Å². The molecule has 1 rings (SSSR count). The Kier molecular flexibility index (Phi) is 4.07. The minimum atomic E-state index is 0.651. The lowest BCUT2D eigenvalue weighted by atomic mass is 9.75. The molecule has 0 spiro atoms. The number of hydrogen-bond donors (Lipinski definition) is 1. The van der Waals surface area contributed by atoms with Gasteiger partial charge in [-0.25, -0.2) is 0 Å². The van der Waals surface area contributed by atoms with E-state index in [4.69, 9.17) is 0 Å². The Hall–Kier alpha value is -0.0400. The van der Waals surface area contributed by atoms with Crippen molar-refractivity contribution < 1.29 is 0 Å². The Morgan fingerprint density at radius 2 is 1.92 bits per heavy atom. The minimum absolute atomic E-state index is 0.651. The van der Waals surface area contributed by atoms with Gasteiger partial charge in [-0.1, -0.05) is 40.0 Å². The fraction of sp³-hybridized carbons (Fsp3) is 1.00. The SMILES string of the molecule is CC(C)NCCC(C)C1CCC1. The zero-order chi connectivity index (χ0) is 8.97. The van der Waals surface area contributed by atoms with E-state index >= 15 is 0 Å².